The maximum atomic E-state index is 10.4. The summed E-state index contributed by atoms with van der Waals surface area (Å²) in [6, 6.07) is 0. The van der Waals surface area contributed by atoms with Crippen LogP contribution in [0.3, 0.4) is 0 Å². The van der Waals surface area contributed by atoms with Crippen LogP contribution in [0, 0.1) is 0 Å². The van der Waals surface area contributed by atoms with Crippen LogP contribution >= 0.6 is 0 Å². The summed E-state index contributed by atoms with van der Waals surface area (Å²) in [5.41, 5.74) is 0. The molecule has 4 nitrogen and oxygen atoms in total. The Labute approximate surface area is 133 Å². The molecule has 0 aromatic heterocycles. The number of aliphatic hydroxyl groups is 1. The molecule has 1 fully saturated rings. The van der Waals surface area contributed by atoms with Gasteiger partial charge in [0, 0.05) is 6.42 Å². The molecule has 0 spiro atoms. The van der Waals surface area contributed by atoms with Crippen LogP contribution in [0.15, 0.2) is 24.3 Å². The minimum atomic E-state index is -0.716. The number of hydrogen-bond acceptors (Lipinski definition) is 3. The summed E-state index contributed by atoms with van der Waals surface area (Å²) in [6.07, 6.45) is 16.0. The molecule has 1 rings (SSSR count). The number of epoxide rings is 1. The second kappa shape index (κ2) is 11.4. The highest BCUT2D eigenvalue weighted by molar-refractivity contribution is 5.66. The molecule has 0 radical (unpaired) electrons. The van der Waals surface area contributed by atoms with Gasteiger partial charge >= 0.3 is 5.97 Å². The average Bonchev–Trinajstić information content (AvgIpc) is 3.22. The number of carboxylic acid groups (broad SMARTS) is 1. The zero-order valence-corrected chi connectivity index (χ0v) is 13.6. The largest absolute Gasteiger partial charge is 0.481 e. The predicted octanol–water partition coefficient (Wildman–Crippen LogP) is 3.84. The molecule has 1 heterocycles. The molecule has 0 amide bonds. The minimum Gasteiger partial charge on any atom is -0.481 e. The van der Waals surface area contributed by atoms with Gasteiger partial charge in [-0.25, -0.2) is 0 Å². The summed E-state index contributed by atoms with van der Waals surface area (Å²) in [6.45, 7) is 2.12. The zero-order valence-electron chi connectivity index (χ0n) is 13.6. The van der Waals surface area contributed by atoms with Gasteiger partial charge in [-0.15, -0.1) is 0 Å². The van der Waals surface area contributed by atoms with Gasteiger partial charge in [0.1, 0.15) is 6.10 Å². The van der Waals surface area contributed by atoms with E-state index in [4.69, 9.17) is 9.84 Å². The summed E-state index contributed by atoms with van der Waals surface area (Å²) in [5, 5.41) is 18.4. The van der Waals surface area contributed by atoms with Crippen LogP contribution in [-0.2, 0) is 9.53 Å². The number of allylic oxidation sites excluding steroid dienone is 1. The van der Waals surface area contributed by atoms with Crippen LogP contribution in [0.2, 0.25) is 0 Å². The smallest absolute Gasteiger partial charge is 0.303 e. The summed E-state index contributed by atoms with van der Waals surface area (Å²) in [7, 11) is 0. The molecule has 2 N–H and O–H groups in total. The average molecular weight is 310 g/mol. The number of ether oxygens (including phenoxy) is 1. The van der Waals surface area contributed by atoms with Crippen molar-refractivity contribution in [3.05, 3.63) is 24.3 Å². The number of aliphatic carboxylic acids is 1. The van der Waals surface area contributed by atoms with Gasteiger partial charge in [0.15, 0.2) is 0 Å². The van der Waals surface area contributed by atoms with E-state index in [1.165, 1.54) is 0 Å². The van der Waals surface area contributed by atoms with Crippen molar-refractivity contribution in [2.45, 2.75) is 83.0 Å². The Balaban J connectivity index is 1.95. The Bertz CT molecular complexity index is 362. The molecule has 1 saturated heterocycles. The standard InChI is InChI=1S/C18H30O4/c1-2-3-7-11-16-17(22-16)14-13-15(19)10-8-5-4-6-9-12-18(20)21/h3,7,13-17,19H,2,4-6,8-12H2,1H3,(H,20,21). The maximum absolute atomic E-state index is 10.4. The quantitative estimate of drug-likeness (QED) is 0.308. The van der Waals surface area contributed by atoms with Crippen LogP contribution < -0.4 is 0 Å². The molecular formula is C18H30O4. The molecule has 3 atom stereocenters. The van der Waals surface area contributed by atoms with Gasteiger partial charge in [-0.3, -0.25) is 4.79 Å². The fourth-order valence-electron chi connectivity index (χ4n) is 2.41. The summed E-state index contributed by atoms with van der Waals surface area (Å²) in [5.74, 6) is -0.716. The van der Waals surface area contributed by atoms with E-state index in [1.54, 1.807) is 0 Å². The van der Waals surface area contributed by atoms with Gasteiger partial charge in [0.25, 0.3) is 0 Å². The normalized spacial score (nSPS) is 22.5. The monoisotopic (exact) mass is 310 g/mol. The van der Waals surface area contributed by atoms with Crippen LogP contribution in [0.5, 0.6) is 0 Å². The second-order valence-corrected chi connectivity index (χ2v) is 5.91. The number of hydrogen-bond donors (Lipinski definition) is 2. The van der Waals surface area contributed by atoms with Crippen molar-refractivity contribution in [1.29, 1.82) is 0 Å². The number of rotatable bonds is 13. The van der Waals surface area contributed by atoms with Crippen molar-refractivity contribution >= 4 is 5.97 Å². The highest BCUT2D eigenvalue weighted by Gasteiger charge is 2.34. The van der Waals surface area contributed by atoms with Gasteiger partial charge in [0.2, 0.25) is 0 Å². The first-order valence-corrected chi connectivity index (χ1v) is 8.52. The third-order valence-corrected chi connectivity index (χ3v) is 3.81. The molecule has 0 saturated carbocycles. The third kappa shape index (κ3) is 9.74. The third-order valence-electron chi connectivity index (χ3n) is 3.81. The Morgan fingerprint density at radius 3 is 2.64 bits per heavy atom. The van der Waals surface area contributed by atoms with E-state index in [1.807, 2.05) is 12.2 Å². The molecule has 3 unspecified atom stereocenters. The SMILES string of the molecule is CCC=CCC1OC1C=CC(O)CCCCCCCC(=O)O. The van der Waals surface area contributed by atoms with Crippen LogP contribution in [0.1, 0.15) is 64.7 Å². The van der Waals surface area contributed by atoms with E-state index in [0.29, 0.717) is 6.10 Å². The highest BCUT2D eigenvalue weighted by Crippen LogP contribution is 2.27. The number of unbranched alkanes of at least 4 members (excludes halogenated alkanes) is 4. The zero-order chi connectivity index (χ0) is 16.2. The van der Waals surface area contributed by atoms with Crippen LogP contribution in [-0.4, -0.2) is 34.5 Å². The Kier molecular flexibility index (Phi) is 9.84. The van der Waals surface area contributed by atoms with E-state index in [-0.39, 0.29) is 12.5 Å². The number of carbonyl (C=O) groups is 1. The number of aliphatic hydroxyl groups excluding tert-OH is 1. The van der Waals surface area contributed by atoms with Gasteiger partial charge in [-0.05, 0) is 25.7 Å². The topological polar surface area (TPSA) is 70.1 Å². The second-order valence-electron chi connectivity index (χ2n) is 5.91. The van der Waals surface area contributed by atoms with E-state index in [9.17, 15) is 9.90 Å². The van der Waals surface area contributed by atoms with Crippen molar-refractivity contribution in [2.75, 3.05) is 0 Å². The van der Waals surface area contributed by atoms with Crippen LogP contribution in [0.25, 0.3) is 0 Å². The first kappa shape index (κ1) is 18.9. The first-order chi connectivity index (χ1) is 10.6. The molecule has 1 aliphatic heterocycles. The molecule has 22 heavy (non-hydrogen) atoms. The van der Waals surface area contributed by atoms with Crippen molar-refractivity contribution in [3.8, 4) is 0 Å². The van der Waals surface area contributed by atoms with Crippen molar-refractivity contribution < 1.29 is 19.7 Å². The number of carboxylic acids is 1. The Morgan fingerprint density at radius 1 is 1.18 bits per heavy atom. The Hall–Kier alpha value is -1.13. The Morgan fingerprint density at radius 2 is 1.91 bits per heavy atom. The summed E-state index contributed by atoms with van der Waals surface area (Å²) in [4.78, 5) is 10.4. The molecule has 4 heteroatoms. The van der Waals surface area contributed by atoms with Gasteiger partial charge in [-0.1, -0.05) is 56.9 Å². The fourth-order valence-corrected chi connectivity index (χ4v) is 2.41. The van der Waals surface area contributed by atoms with E-state index in [2.05, 4.69) is 19.1 Å². The van der Waals surface area contributed by atoms with Crippen LogP contribution in [0.4, 0.5) is 0 Å². The molecule has 1 aliphatic rings. The van der Waals surface area contributed by atoms with Gasteiger partial charge in [0.05, 0.1) is 12.2 Å². The highest BCUT2D eigenvalue weighted by atomic mass is 16.6. The van der Waals surface area contributed by atoms with Crippen molar-refractivity contribution in [2.24, 2.45) is 0 Å². The lowest BCUT2D eigenvalue weighted by Crippen LogP contribution is -2.02. The summed E-state index contributed by atoms with van der Waals surface area (Å²) >= 11 is 0. The predicted molar refractivity (Wildman–Crippen MR) is 87.8 cm³/mol. The molecule has 126 valence electrons. The van der Waals surface area contributed by atoms with E-state index < -0.39 is 12.1 Å². The molecule has 0 aromatic carbocycles. The van der Waals surface area contributed by atoms with Gasteiger partial charge < -0.3 is 14.9 Å². The molecule has 0 bridgehead atoms. The molecule has 0 aliphatic carbocycles. The van der Waals surface area contributed by atoms with Gasteiger partial charge in [-0.2, -0.15) is 0 Å². The lowest BCUT2D eigenvalue weighted by molar-refractivity contribution is -0.137. The summed E-state index contributed by atoms with van der Waals surface area (Å²) < 4.78 is 5.51. The fraction of sp³-hybridized carbons (Fsp3) is 0.722. The lowest BCUT2D eigenvalue weighted by atomic mass is 10.1. The van der Waals surface area contributed by atoms with Crippen molar-refractivity contribution in [3.63, 3.8) is 0 Å². The van der Waals surface area contributed by atoms with E-state index in [0.717, 1.165) is 51.4 Å². The van der Waals surface area contributed by atoms with E-state index >= 15 is 0 Å². The first-order valence-electron chi connectivity index (χ1n) is 8.52. The van der Waals surface area contributed by atoms with Crippen molar-refractivity contribution in [1.82, 2.24) is 0 Å². The molecular weight excluding hydrogens is 280 g/mol. The maximum Gasteiger partial charge on any atom is 0.303 e. The lowest BCUT2D eigenvalue weighted by Gasteiger charge is -2.05. The molecule has 0 aromatic rings. The minimum absolute atomic E-state index is 0.173.